The SMILES string of the molecule is C=C/C=C\C(=C/C)N1C(=O)/C(=C/c2cc(Cl)c(O)c(OC)c2)C(=O)N=C1SCC(=O)NC(c1ccccc1)c1ccccc1. The molecule has 0 radical (unpaired) electrons. The van der Waals surface area contributed by atoms with E-state index in [4.69, 9.17) is 16.3 Å². The maximum atomic E-state index is 13.8. The summed E-state index contributed by atoms with van der Waals surface area (Å²) in [4.78, 5) is 45.8. The molecule has 0 aromatic heterocycles. The summed E-state index contributed by atoms with van der Waals surface area (Å²) in [6.45, 7) is 5.42. The normalized spacial score (nSPS) is 14.7. The maximum Gasteiger partial charge on any atom is 0.285 e. The first-order valence-corrected chi connectivity index (χ1v) is 14.9. The molecule has 44 heavy (non-hydrogen) atoms. The number of benzene rings is 3. The molecule has 0 saturated heterocycles. The zero-order chi connectivity index (χ0) is 31.6. The summed E-state index contributed by atoms with van der Waals surface area (Å²) in [7, 11) is 1.36. The first kappa shape index (κ1) is 32.1. The number of methoxy groups -OCH3 is 1. The number of aromatic hydroxyl groups is 1. The summed E-state index contributed by atoms with van der Waals surface area (Å²) in [5.41, 5.74) is 2.36. The van der Waals surface area contributed by atoms with Crippen LogP contribution < -0.4 is 10.1 Å². The van der Waals surface area contributed by atoms with E-state index in [2.05, 4.69) is 16.9 Å². The molecule has 8 nitrogen and oxygen atoms in total. The van der Waals surface area contributed by atoms with Crippen molar-refractivity contribution in [1.82, 2.24) is 10.2 Å². The molecule has 0 unspecified atom stereocenters. The van der Waals surface area contributed by atoms with Crippen LogP contribution in [0, 0.1) is 0 Å². The van der Waals surface area contributed by atoms with Crippen molar-refractivity contribution in [3.63, 3.8) is 0 Å². The Kier molecular flexibility index (Phi) is 11.0. The monoisotopic (exact) mass is 627 g/mol. The van der Waals surface area contributed by atoms with Gasteiger partial charge in [-0.25, -0.2) is 0 Å². The number of amidine groups is 1. The topological polar surface area (TPSA) is 108 Å². The summed E-state index contributed by atoms with van der Waals surface area (Å²) >= 11 is 7.09. The third-order valence-electron chi connectivity index (χ3n) is 6.49. The molecule has 3 aromatic carbocycles. The molecule has 10 heteroatoms. The van der Waals surface area contributed by atoms with Crippen LogP contribution in [0.1, 0.15) is 29.7 Å². The number of phenols is 1. The van der Waals surface area contributed by atoms with Crippen LogP contribution in [0.5, 0.6) is 11.5 Å². The number of carbonyl (C=O) groups excluding carboxylic acids is 3. The summed E-state index contributed by atoms with van der Waals surface area (Å²) in [6.07, 6.45) is 7.86. The number of rotatable bonds is 10. The fourth-order valence-electron chi connectivity index (χ4n) is 4.39. The van der Waals surface area contributed by atoms with Crippen LogP contribution in [0.15, 0.2) is 120 Å². The summed E-state index contributed by atoms with van der Waals surface area (Å²) in [6, 6.07) is 21.6. The van der Waals surface area contributed by atoms with E-state index in [0.717, 1.165) is 22.9 Å². The lowest BCUT2D eigenvalue weighted by Crippen LogP contribution is -2.42. The number of amides is 3. The van der Waals surface area contributed by atoms with E-state index < -0.39 is 17.9 Å². The van der Waals surface area contributed by atoms with Crippen LogP contribution in [0.3, 0.4) is 0 Å². The molecule has 3 amide bonds. The molecule has 4 rings (SSSR count). The largest absolute Gasteiger partial charge is 0.503 e. The van der Waals surface area contributed by atoms with Gasteiger partial charge in [-0.3, -0.25) is 19.3 Å². The Hall–Kier alpha value is -4.86. The highest BCUT2D eigenvalue weighted by molar-refractivity contribution is 8.14. The number of allylic oxidation sites excluding steroid dienone is 4. The number of hydrogen-bond donors (Lipinski definition) is 2. The zero-order valence-corrected chi connectivity index (χ0v) is 25.6. The van der Waals surface area contributed by atoms with Crippen molar-refractivity contribution in [2.75, 3.05) is 12.9 Å². The number of carbonyl (C=O) groups is 3. The molecule has 0 spiro atoms. The van der Waals surface area contributed by atoms with Crippen molar-refractivity contribution in [1.29, 1.82) is 0 Å². The fraction of sp³-hybridized carbons (Fsp3) is 0.118. The average molecular weight is 628 g/mol. The quantitative estimate of drug-likeness (QED) is 0.152. The van der Waals surface area contributed by atoms with E-state index in [1.54, 1.807) is 31.2 Å². The molecular weight excluding hydrogens is 598 g/mol. The van der Waals surface area contributed by atoms with Gasteiger partial charge in [0.1, 0.15) is 5.57 Å². The Bertz CT molecular complexity index is 1640. The first-order valence-electron chi connectivity index (χ1n) is 13.5. The Balaban J connectivity index is 1.64. The molecule has 2 N–H and O–H groups in total. The highest BCUT2D eigenvalue weighted by Gasteiger charge is 2.35. The summed E-state index contributed by atoms with van der Waals surface area (Å²) < 4.78 is 5.15. The van der Waals surface area contributed by atoms with Crippen molar-refractivity contribution in [2.24, 2.45) is 4.99 Å². The van der Waals surface area contributed by atoms with Crippen molar-refractivity contribution in [3.05, 3.63) is 137 Å². The van der Waals surface area contributed by atoms with Crippen LogP contribution in [0.4, 0.5) is 0 Å². The third kappa shape index (κ3) is 7.55. The van der Waals surface area contributed by atoms with Gasteiger partial charge in [-0.2, -0.15) is 4.99 Å². The molecule has 1 aliphatic rings. The van der Waals surface area contributed by atoms with Crippen LogP contribution in [0.2, 0.25) is 5.02 Å². The standard InChI is InChI=1S/C34H30ClN3O5S/c1-4-6-17-25(5-2)38-33(42)26(18-22-19-27(35)31(40)28(20-22)43-3)32(41)37-34(38)44-21-29(39)36-30(23-13-9-7-10-14-23)24-15-11-8-12-16-24/h4-20,30,40H,1,21H2,2-3H3,(H,36,39)/b17-6-,25-5+,26-18+. The molecule has 0 bridgehead atoms. The highest BCUT2D eigenvalue weighted by Crippen LogP contribution is 2.36. The van der Waals surface area contributed by atoms with Crippen LogP contribution >= 0.6 is 23.4 Å². The number of hydrogen-bond acceptors (Lipinski definition) is 6. The van der Waals surface area contributed by atoms with Crippen LogP contribution in [-0.2, 0) is 14.4 Å². The Morgan fingerprint density at radius 2 is 1.75 bits per heavy atom. The number of aliphatic imine (C=N–C) groups is 1. The molecule has 3 aromatic rings. The van der Waals surface area contributed by atoms with E-state index in [0.29, 0.717) is 11.3 Å². The first-order chi connectivity index (χ1) is 21.3. The molecule has 0 saturated carbocycles. The van der Waals surface area contributed by atoms with Gasteiger partial charge in [0.2, 0.25) is 5.91 Å². The molecule has 0 fully saturated rings. The second-order valence-electron chi connectivity index (χ2n) is 9.37. The molecule has 0 atom stereocenters. The molecular formula is C34H30ClN3O5S. The lowest BCUT2D eigenvalue weighted by atomic mass is 9.99. The van der Waals surface area contributed by atoms with Gasteiger partial charge in [0.05, 0.1) is 23.9 Å². The maximum absolute atomic E-state index is 13.8. The minimum absolute atomic E-state index is 0.0121. The van der Waals surface area contributed by atoms with Crippen LogP contribution in [-0.4, -0.2) is 45.8 Å². The van der Waals surface area contributed by atoms with Gasteiger partial charge >= 0.3 is 0 Å². The Labute approximate surface area is 265 Å². The number of ether oxygens (including phenoxy) is 1. The second kappa shape index (κ2) is 15.0. The lowest BCUT2D eigenvalue weighted by Gasteiger charge is -2.28. The van der Waals surface area contributed by atoms with Gasteiger partial charge in [-0.15, -0.1) is 0 Å². The van der Waals surface area contributed by atoms with Crippen molar-refractivity contribution < 1.29 is 24.2 Å². The van der Waals surface area contributed by atoms with Crippen molar-refractivity contribution >= 4 is 52.3 Å². The molecule has 1 heterocycles. The minimum Gasteiger partial charge on any atom is -0.503 e. The predicted molar refractivity (Wildman–Crippen MR) is 175 cm³/mol. The van der Waals surface area contributed by atoms with Gasteiger partial charge < -0.3 is 15.2 Å². The highest BCUT2D eigenvalue weighted by atomic mass is 35.5. The molecule has 0 aliphatic carbocycles. The Morgan fingerprint density at radius 1 is 1.11 bits per heavy atom. The minimum atomic E-state index is -0.785. The fourth-order valence-corrected chi connectivity index (χ4v) is 5.42. The van der Waals surface area contributed by atoms with Gasteiger partial charge in [0.15, 0.2) is 16.7 Å². The molecule has 1 aliphatic heterocycles. The second-order valence-corrected chi connectivity index (χ2v) is 10.7. The predicted octanol–water partition coefficient (Wildman–Crippen LogP) is 6.45. The van der Waals surface area contributed by atoms with Crippen molar-refractivity contribution in [2.45, 2.75) is 13.0 Å². The van der Waals surface area contributed by atoms with Crippen molar-refractivity contribution in [3.8, 4) is 11.5 Å². The van der Waals surface area contributed by atoms with E-state index in [1.165, 1.54) is 30.2 Å². The van der Waals surface area contributed by atoms with Gasteiger partial charge in [-0.1, -0.05) is 109 Å². The summed E-state index contributed by atoms with van der Waals surface area (Å²) in [5, 5.41) is 13.2. The van der Waals surface area contributed by atoms with Gasteiger partial charge in [0.25, 0.3) is 11.8 Å². The number of nitrogens with one attached hydrogen (secondary N) is 1. The Morgan fingerprint density at radius 3 is 2.32 bits per heavy atom. The van der Waals surface area contributed by atoms with E-state index in [1.807, 2.05) is 60.7 Å². The smallest absolute Gasteiger partial charge is 0.285 e. The van der Waals surface area contributed by atoms with E-state index in [-0.39, 0.29) is 38.9 Å². The number of thioether (sulfide) groups is 1. The molecule has 224 valence electrons. The zero-order valence-electron chi connectivity index (χ0n) is 24.1. The van der Waals surface area contributed by atoms with Gasteiger partial charge in [-0.05, 0) is 47.9 Å². The van der Waals surface area contributed by atoms with Gasteiger partial charge in [0, 0.05) is 5.70 Å². The summed E-state index contributed by atoms with van der Waals surface area (Å²) in [5.74, 6) is -2.04. The van der Waals surface area contributed by atoms with E-state index in [9.17, 15) is 19.5 Å². The lowest BCUT2D eigenvalue weighted by molar-refractivity contribution is -0.126. The number of phenolic OH excluding ortho intramolecular Hbond substituents is 1. The average Bonchev–Trinajstić information content (AvgIpc) is 3.04. The van der Waals surface area contributed by atoms with E-state index >= 15 is 0 Å². The van der Waals surface area contributed by atoms with Crippen LogP contribution in [0.25, 0.3) is 6.08 Å². The number of nitrogens with zero attached hydrogens (tertiary/aromatic N) is 2. The third-order valence-corrected chi connectivity index (χ3v) is 7.72. The number of halogens is 1.